The normalized spacial score (nSPS) is 11.8. The highest BCUT2D eigenvalue weighted by Crippen LogP contribution is 2.35. The minimum absolute atomic E-state index is 0.0928. The predicted molar refractivity (Wildman–Crippen MR) is 64.2 cm³/mol. The molecule has 2 aromatic rings. The molecule has 0 aliphatic carbocycles. The lowest BCUT2D eigenvalue weighted by Crippen LogP contribution is -2.19. The lowest BCUT2D eigenvalue weighted by atomic mass is 10.1. The van der Waals surface area contributed by atoms with Crippen LogP contribution in [0.15, 0.2) is 27.6 Å². The van der Waals surface area contributed by atoms with Crippen molar-refractivity contribution in [3.8, 4) is 0 Å². The summed E-state index contributed by atoms with van der Waals surface area (Å²) in [6.45, 7) is 0. The van der Waals surface area contributed by atoms with Gasteiger partial charge in [0.1, 0.15) is 5.56 Å². The van der Waals surface area contributed by atoms with Crippen LogP contribution in [0.25, 0.3) is 10.9 Å². The molecule has 0 spiro atoms. The van der Waals surface area contributed by atoms with Crippen molar-refractivity contribution >= 4 is 32.8 Å². The average Bonchev–Trinajstić information content (AvgIpc) is 2.28. The maximum atomic E-state index is 12.8. The zero-order chi connectivity index (χ0) is 14.4. The summed E-state index contributed by atoms with van der Waals surface area (Å²) >= 11 is 3.01. The second-order valence-corrected chi connectivity index (χ2v) is 4.53. The Kier molecular flexibility index (Phi) is 3.13. The summed E-state index contributed by atoms with van der Waals surface area (Å²) in [6.07, 6.45) is -3.87. The Bertz CT molecular complexity index is 736. The Labute approximate surface area is 112 Å². The molecule has 8 heteroatoms. The number of aromatic nitrogens is 1. The number of fused-ring (bicyclic) bond motifs is 1. The number of carbonyl (C=O) groups is 1. The molecule has 1 aromatic carbocycles. The smallest absolute Gasteiger partial charge is 0.417 e. The number of halogens is 4. The van der Waals surface area contributed by atoms with Gasteiger partial charge < -0.3 is 10.1 Å². The SMILES string of the molecule is O=C(O)c1c[nH]c2c(Br)ccc(C(F)(F)F)c2c1=O. The van der Waals surface area contributed by atoms with Crippen molar-refractivity contribution in [1.82, 2.24) is 4.98 Å². The van der Waals surface area contributed by atoms with Gasteiger partial charge in [-0.2, -0.15) is 13.2 Å². The number of H-pyrrole nitrogens is 1. The molecule has 0 atom stereocenters. The molecule has 0 bridgehead atoms. The number of nitrogens with one attached hydrogen (secondary N) is 1. The highest BCUT2D eigenvalue weighted by atomic mass is 79.9. The summed E-state index contributed by atoms with van der Waals surface area (Å²) in [5.74, 6) is -1.59. The zero-order valence-electron chi connectivity index (χ0n) is 9.01. The summed E-state index contributed by atoms with van der Waals surface area (Å²) in [5.41, 5.74) is -3.18. The number of carboxylic acids is 1. The maximum Gasteiger partial charge on any atom is 0.417 e. The van der Waals surface area contributed by atoms with Crippen LogP contribution in [0.1, 0.15) is 15.9 Å². The van der Waals surface area contributed by atoms with Crippen LogP contribution in [0.4, 0.5) is 13.2 Å². The molecular formula is C11H5BrF3NO3. The van der Waals surface area contributed by atoms with Gasteiger partial charge in [-0.1, -0.05) is 0 Å². The van der Waals surface area contributed by atoms with Gasteiger partial charge in [0.25, 0.3) is 0 Å². The van der Waals surface area contributed by atoms with E-state index in [9.17, 15) is 22.8 Å². The molecular weight excluding hydrogens is 331 g/mol. The first-order valence-electron chi connectivity index (χ1n) is 4.88. The number of hydrogen-bond acceptors (Lipinski definition) is 2. The molecule has 1 aromatic heterocycles. The Morgan fingerprint density at radius 2 is 1.95 bits per heavy atom. The Hall–Kier alpha value is -1.83. The third-order valence-corrected chi connectivity index (χ3v) is 3.18. The van der Waals surface area contributed by atoms with Crippen LogP contribution in [0.2, 0.25) is 0 Å². The van der Waals surface area contributed by atoms with Crippen molar-refractivity contribution in [3.63, 3.8) is 0 Å². The molecule has 4 nitrogen and oxygen atoms in total. The first-order valence-corrected chi connectivity index (χ1v) is 5.67. The second-order valence-electron chi connectivity index (χ2n) is 3.68. The van der Waals surface area contributed by atoms with Crippen molar-refractivity contribution in [2.45, 2.75) is 6.18 Å². The average molecular weight is 336 g/mol. The van der Waals surface area contributed by atoms with E-state index in [0.717, 1.165) is 18.3 Å². The molecule has 0 aliphatic heterocycles. The Morgan fingerprint density at radius 3 is 2.47 bits per heavy atom. The molecule has 0 fully saturated rings. The van der Waals surface area contributed by atoms with E-state index in [0.29, 0.717) is 0 Å². The standard InChI is InChI=1S/C11H5BrF3NO3/c12-6-2-1-5(11(13,14)15)7-8(6)16-3-4(9(7)17)10(18)19/h1-3H,(H,16,17)(H,18,19). The van der Waals surface area contributed by atoms with Gasteiger partial charge in [-0.05, 0) is 28.1 Å². The minimum Gasteiger partial charge on any atom is -0.477 e. The largest absolute Gasteiger partial charge is 0.477 e. The molecule has 2 rings (SSSR count). The van der Waals surface area contributed by atoms with E-state index in [2.05, 4.69) is 20.9 Å². The lowest BCUT2D eigenvalue weighted by Gasteiger charge is -2.11. The number of aromatic amines is 1. The van der Waals surface area contributed by atoms with E-state index in [1.165, 1.54) is 0 Å². The number of rotatable bonds is 1. The number of carboxylic acid groups (broad SMARTS) is 1. The van der Waals surface area contributed by atoms with Gasteiger partial charge >= 0.3 is 12.1 Å². The fourth-order valence-electron chi connectivity index (χ4n) is 1.69. The van der Waals surface area contributed by atoms with Crippen LogP contribution in [-0.4, -0.2) is 16.1 Å². The first kappa shape index (κ1) is 13.6. The lowest BCUT2D eigenvalue weighted by molar-refractivity contribution is -0.136. The maximum absolute atomic E-state index is 12.8. The van der Waals surface area contributed by atoms with E-state index in [4.69, 9.17) is 5.11 Å². The van der Waals surface area contributed by atoms with E-state index < -0.39 is 34.1 Å². The number of hydrogen-bond donors (Lipinski definition) is 2. The topological polar surface area (TPSA) is 70.2 Å². The number of pyridine rings is 1. The summed E-state index contributed by atoms with van der Waals surface area (Å²) < 4.78 is 38.8. The van der Waals surface area contributed by atoms with E-state index in [1.54, 1.807) is 0 Å². The fourth-order valence-corrected chi connectivity index (χ4v) is 2.14. The van der Waals surface area contributed by atoms with E-state index >= 15 is 0 Å². The highest BCUT2D eigenvalue weighted by molar-refractivity contribution is 9.10. The van der Waals surface area contributed by atoms with Gasteiger partial charge in [0.05, 0.1) is 16.5 Å². The molecule has 0 aliphatic rings. The quantitative estimate of drug-likeness (QED) is 0.841. The predicted octanol–water partition coefficient (Wildman–Crippen LogP) is 3.01. The van der Waals surface area contributed by atoms with Gasteiger partial charge in [-0.15, -0.1) is 0 Å². The van der Waals surface area contributed by atoms with Crippen molar-refractivity contribution in [2.24, 2.45) is 0 Å². The summed E-state index contributed by atoms with van der Waals surface area (Å²) in [7, 11) is 0. The van der Waals surface area contributed by atoms with Gasteiger partial charge in [0, 0.05) is 10.7 Å². The zero-order valence-corrected chi connectivity index (χ0v) is 10.6. The van der Waals surface area contributed by atoms with Crippen LogP contribution in [-0.2, 0) is 6.18 Å². The van der Waals surface area contributed by atoms with Gasteiger partial charge in [0.15, 0.2) is 0 Å². The van der Waals surface area contributed by atoms with Gasteiger partial charge in [-0.3, -0.25) is 4.79 Å². The number of alkyl halides is 3. The molecule has 0 unspecified atom stereocenters. The Morgan fingerprint density at radius 1 is 1.32 bits per heavy atom. The molecule has 1 heterocycles. The van der Waals surface area contributed by atoms with Crippen molar-refractivity contribution in [1.29, 1.82) is 0 Å². The highest BCUT2D eigenvalue weighted by Gasteiger charge is 2.34. The molecule has 100 valence electrons. The monoisotopic (exact) mass is 335 g/mol. The van der Waals surface area contributed by atoms with Crippen molar-refractivity contribution in [2.75, 3.05) is 0 Å². The molecule has 2 N–H and O–H groups in total. The Balaban J connectivity index is 3.02. The summed E-state index contributed by atoms with van der Waals surface area (Å²) in [5, 5.41) is 8.08. The van der Waals surface area contributed by atoms with Crippen molar-refractivity contribution in [3.05, 3.63) is 44.2 Å². The summed E-state index contributed by atoms with van der Waals surface area (Å²) in [6, 6.07) is 1.87. The molecule has 19 heavy (non-hydrogen) atoms. The third-order valence-electron chi connectivity index (χ3n) is 2.52. The van der Waals surface area contributed by atoms with E-state index in [-0.39, 0.29) is 9.99 Å². The van der Waals surface area contributed by atoms with Crippen LogP contribution >= 0.6 is 15.9 Å². The molecule has 0 saturated carbocycles. The first-order chi connectivity index (χ1) is 8.73. The number of benzene rings is 1. The van der Waals surface area contributed by atoms with Crippen LogP contribution in [0.3, 0.4) is 0 Å². The van der Waals surface area contributed by atoms with Crippen LogP contribution in [0.5, 0.6) is 0 Å². The number of aromatic carboxylic acids is 1. The van der Waals surface area contributed by atoms with Crippen LogP contribution in [0, 0.1) is 0 Å². The van der Waals surface area contributed by atoms with E-state index in [1.807, 2.05) is 0 Å². The van der Waals surface area contributed by atoms with Crippen molar-refractivity contribution < 1.29 is 23.1 Å². The van der Waals surface area contributed by atoms with Gasteiger partial charge in [0.2, 0.25) is 5.43 Å². The molecule has 0 amide bonds. The fraction of sp³-hybridized carbons (Fsp3) is 0.0909. The second kappa shape index (κ2) is 4.37. The summed E-state index contributed by atoms with van der Waals surface area (Å²) in [4.78, 5) is 25.1. The molecule has 0 radical (unpaired) electrons. The molecule has 0 saturated heterocycles. The minimum atomic E-state index is -4.75. The third kappa shape index (κ3) is 2.23. The van der Waals surface area contributed by atoms with Crippen LogP contribution < -0.4 is 5.43 Å². The van der Waals surface area contributed by atoms with Gasteiger partial charge in [-0.25, -0.2) is 4.79 Å².